The number of para-hydroxylation sites is 1. The summed E-state index contributed by atoms with van der Waals surface area (Å²) in [6.45, 7) is 0. The summed E-state index contributed by atoms with van der Waals surface area (Å²) in [7, 11) is 0. The van der Waals surface area contributed by atoms with Gasteiger partial charge >= 0.3 is 0 Å². The van der Waals surface area contributed by atoms with Crippen molar-refractivity contribution in [2.24, 2.45) is 0 Å². The minimum Gasteiger partial charge on any atom is -0.462 e. The minimum atomic E-state index is 0.392. The molecule has 0 saturated heterocycles. The Hall–Kier alpha value is -1.15. The van der Waals surface area contributed by atoms with Crippen molar-refractivity contribution in [3.05, 3.63) is 30.5 Å². The largest absolute Gasteiger partial charge is 0.462 e. The Labute approximate surface area is 75.1 Å². The molecule has 0 amide bonds. The predicted octanol–water partition coefficient (Wildman–Crippen LogP) is 3.04. The Morgan fingerprint density at radius 3 is 3.00 bits per heavy atom. The van der Waals surface area contributed by atoms with Gasteiger partial charge in [0.2, 0.25) is 0 Å². The second-order valence-electron chi connectivity index (χ2n) is 2.46. The molecule has 0 saturated carbocycles. The highest BCUT2D eigenvalue weighted by Gasteiger charge is 2.01. The fraction of sp³-hybridized carbons (Fsp3) is 0.111. The van der Waals surface area contributed by atoms with Gasteiger partial charge in [0.25, 0.3) is 0 Å². The van der Waals surface area contributed by atoms with Crippen molar-refractivity contribution in [2.75, 3.05) is 11.3 Å². The summed E-state index contributed by atoms with van der Waals surface area (Å²) in [6.07, 6.45) is 1.67. The number of benzene rings is 1. The molecule has 62 valence electrons. The number of hydrogen-bond donors (Lipinski definition) is 1. The van der Waals surface area contributed by atoms with Crippen LogP contribution in [0.2, 0.25) is 0 Å². The minimum absolute atomic E-state index is 0.392. The average molecular weight is 182 g/mol. The first-order valence-electron chi connectivity index (χ1n) is 3.68. The summed E-state index contributed by atoms with van der Waals surface area (Å²) in [5, 5.41) is 4.07. The van der Waals surface area contributed by atoms with E-state index in [4.69, 9.17) is 16.0 Å². The number of rotatable bonds is 2. The monoisotopic (exact) mass is 181 g/mol. The zero-order chi connectivity index (χ0) is 8.39. The van der Waals surface area contributed by atoms with Gasteiger partial charge < -0.3 is 9.73 Å². The lowest BCUT2D eigenvalue weighted by Gasteiger charge is -1.95. The summed E-state index contributed by atoms with van der Waals surface area (Å²) >= 11 is 5.54. The van der Waals surface area contributed by atoms with Crippen molar-refractivity contribution in [2.45, 2.75) is 0 Å². The van der Waals surface area contributed by atoms with E-state index in [0.29, 0.717) is 6.00 Å². The molecule has 0 atom stereocenters. The quantitative estimate of drug-likeness (QED) is 0.569. The maximum absolute atomic E-state index is 5.54. The van der Waals surface area contributed by atoms with Gasteiger partial charge in [-0.3, -0.25) is 0 Å². The second kappa shape index (κ2) is 3.07. The zero-order valence-corrected chi connectivity index (χ0v) is 7.14. The van der Waals surface area contributed by atoms with E-state index >= 15 is 0 Å². The number of anilines is 1. The third-order valence-electron chi connectivity index (χ3n) is 1.74. The SMILES string of the molecule is ClCNc1coc2ccccc12. The van der Waals surface area contributed by atoms with Crippen molar-refractivity contribution in [3.8, 4) is 0 Å². The van der Waals surface area contributed by atoms with Crippen LogP contribution in [0.15, 0.2) is 34.9 Å². The molecule has 2 nitrogen and oxygen atoms in total. The fourth-order valence-electron chi connectivity index (χ4n) is 1.19. The Bertz CT molecular complexity index is 383. The van der Waals surface area contributed by atoms with Gasteiger partial charge in [-0.25, -0.2) is 0 Å². The maximum atomic E-state index is 5.54. The molecule has 0 radical (unpaired) electrons. The van der Waals surface area contributed by atoms with Gasteiger partial charge in [-0.1, -0.05) is 12.1 Å². The van der Waals surface area contributed by atoms with Crippen molar-refractivity contribution in [3.63, 3.8) is 0 Å². The predicted molar refractivity (Wildman–Crippen MR) is 50.6 cm³/mol. The number of halogens is 1. The summed E-state index contributed by atoms with van der Waals surface area (Å²) in [6, 6.07) is 8.22. The van der Waals surface area contributed by atoms with Crippen molar-refractivity contribution in [1.29, 1.82) is 0 Å². The molecule has 1 aromatic heterocycles. The molecule has 12 heavy (non-hydrogen) atoms. The van der Waals surface area contributed by atoms with Crippen LogP contribution in [0.4, 0.5) is 5.69 Å². The van der Waals surface area contributed by atoms with E-state index in [1.54, 1.807) is 6.26 Å². The average Bonchev–Trinajstić information content (AvgIpc) is 2.50. The second-order valence-corrected chi connectivity index (χ2v) is 2.72. The van der Waals surface area contributed by atoms with Gasteiger partial charge in [-0.05, 0) is 12.1 Å². The van der Waals surface area contributed by atoms with Gasteiger partial charge in [0.1, 0.15) is 11.8 Å². The fourth-order valence-corrected chi connectivity index (χ4v) is 1.33. The molecule has 0 aliphatic heterocycles. The highest BCUT2D eigenvalue weighted by molar-refractivity contribution is 6.19. The molecule has 0 fully saturated rings. The van der Waals surface area contributed by atoms with Gasteiger partial charge in [-0.15, -0.1) is 11.6 Å². The molecule has 0 unspecified atom stereocenters. The number of hydrogen-bond acceptors (Lipinski definition) is 2. The smallest absolute Gasteiger partial charge is 0.136 e. The zero-order valence-electron chi connectivity index (χ0n) is 6.38. The molecule has 1 N–H and O–H groups in total. The molecule has 1 aromatic carbocycles. The van der Waals surface area contributed by atoms with E-state index in [1.807, 2.05) is 24.3 Å². The molecule has 0 bridgehead atoms. The third-order valence-corrected chi connectivity index (χ3v) is 1.87. The van der Waals surface area contributed by atoms with E-state index < -0.39 is 0 Å². The van der Waals surface area contributed by atoms with E-state index in [2.05, 4.69) is 5.32 Å². The Morgan fingerprint density at radius 2 is 2.17 bits per heavy atom. The molecular weight excluding hydrogens is 174 g/mol. The van der Waals surface area contributed by atoms with E-state index in [-0.39, 0.29) is 0 Å². The van der Waals surface area contributed by atoms with Crippen LogP contribution in [0.1, 0.15) is 0 Å². The van der Waals surface area contributed by atoms with Gasteiger partial charge in [-0.2, -0.15) is 0 Å². The molecule has 0 spiro atoms. The maximum Gasteiger partial charge on any atom is 0.136 e. The Kier molecular flexibility index (Phi) is 1.92. The molecular formula is C9H8ClNO. The summed E-state index contributed by atoms with van der Waals surface area (Å²) in [5.41, 5.74) is 1.82. The van der Waals surface area contributed by atoms with Crippen LogP contribution >= 0.6 is 11.6 Å². The molecule has 3 heteroatoms. The number of fused-ring (bicyclic) bond motifs is 1. The highest BCUT2D eigenvalue weighted by Crippen LogP contribution is 2.24. The Balaban J connectivity index is 2.55. The Morgan fingerprint density at radius 1 is 1.33 bits per heavy atom. The molecule has 0 aliphatic rings. The van der Waals surface area contributed by atoms with Gasteiger partial charge in [0.15, 0.2) is 0 Å². The van der Waals surface area contributed by atoms with Crippen LogP contribution in [-0.4, -0.2) is 6.00 Å². The van der Waals surface area contributed by atoms with Gasteiger partial charge in [0.05, 0.1) is 11.7 Å². The lowest BCUT2D eigenvalue weighted by Crippen LogP contribution is -1.91. The summed E-state index contributed by atoms with van der Waals surface area (Å²) < 4.78 is 5.28. The van der Waals surface area contributed by atoms with Crippen LogP contribution in [-0.2, 0) is 0 Å². The van der Waals surface area contributed by atoms with Crippen molar-refractivity contribution >= 4 is 28.3 Å². The molecule has 1 heterocycles. The molecule has 2 aromatic rings. The van der Waals surface area contributed by atoms with Crippen molar-refractivity contribution in [1.82, 2.24) is 0 Å². The van der Waals surface area contributed by atoms with E-state index in [1.165, 1.54) is 0 Å². The van der Waals surface area contributed by atoms with Gasteiger partial charge in [0, 0.05) is 5.39 Å². The number of nitrogens with one attached hydrogen (secondary N) is 1. The first-order chi connectivity index (χ1) is 5.92. The topological polar surface area (TPSA) is 25.2 Å². The number of furan rings is 1. The van der Waals surface area contributed by atoms with Crippen LogP contribution < -0.4 is 5.32 Å². The van der Waals surface area contributed by atoms with Crippen LogP contribution in [0.3, 0.4) is 0 Å². The summed E-state index contributed by atoms with van der Waals surface area (Å²) in [4.78, 5) is 0. The van der Waals surface area contributed by atoms with E-state index in [9.17, 15) is 0 Å². The van der Waals surface area contributed by atoms with Crippen molar-refractivity contribution < 1.29 is 4.42 Å². The number of alkyl halides is 1. The van der Waals surface area contributed by atoms with Crippen LogP contribution in [0.5, 0.6) is 0 Å². The third kappa shape index (κ3) is 1.14. The lowest BCUT2D eigenvalue weighted by atomic mass is 10.2. The normalized spacial score (nSPS) is 10.4. The van der Waals surface area contributed by atoms with Crippen LogP contribution in [0, 0.1) is 0 Å². The lowest BCUT2D eigenvalue weighted by molar-refractivity contribution is 0.617. The highest BCUT2D eigenvalue weighted by atomic mass is 35.5. The first-order valence-corrected chi connectivity index (χ1v) is 4.21. The first kappa shape index (κ1) is 7.50. The van der Waals surface area contributed by atoms with E-state index in [0.717, 1.165) is 16.7 Å². The summed E-state index contributed by atoms with van der Waals surface area (Å²) in [5.74, 6) is 0. The molecule has 2 rings (SSSR count). The standard InChI is InChI=1S/C9H8ClNO/c10-6-11-8-5-12-9-4-2-1-3-7(8)9/h1-5,11H,6H2. The van der Waals surface area contributed by atoms with Crippen LogP contribution in [0.25, 0.3) is 11.0 Å². The molecule has 0 aliphatic carbocycles.